The lowest BCUT2D eigenvalue weighted by molar-refractivity contribution is 0.752. The minimum absolute atomic E-state index is 0.639. The highest BCUT2D eigenvalue weighted by Gasteiger charge is 2.26. The number of aromatic amines is 1. The van der Waals surface area contributed by atoms with Gasteiger partial charge in [-0.25, -0.2) is 4.98 Å². The Morgan fingerprint density at radius 2 is 1.86 bits per heavy atom. The van der Waals surface area contributed by atoms with E-state index in [1.807, 2.05) is 18.2 Å². The molecule has 4 aromatic rings. The van der Waals surface area contributed by atoms with Gasteiger partial charge in [0.05, 0.1) is 5.52 Å². The number of hydrogen-bond donors (Lipinski definition) is 2. The number of hydrogen-bond acceptors (Lipinski definition) is 5. The topological polar surface area (TPSA) is 69.7 Å². The van der Waals surface area contributed by atoms with Crippen LogP contribution in [0.2, 0.25) is 0 Å². The van der Waals surface area contributed by atoms with Crippen LogP contribution in [0.15, 0.2) is 54.6 Å². The van der Waals surface area contributed by atoms with Gasteiger partial charge in [-0.1, -0.05) is 30.3 Å². The van der Waals surface area contributed by atoms with Crippen molar-refractivity contribution in [3.8, 4) is 0 Å². The summed E-state index contributed by atoms with van der Waals surface area (Å²) in [5, 5.41) is 12.0. The van der Waals surface area contributed by atoms with Gasteiger partial charge in [-0.05, 0) is 49.4 Å². The van der Waals surface area contributed by atoms with Crippen molar-refractivity contribution >= 4 is 34.2 Å². The second-order valence-corrected chi connectivity index (χ2v) is 7.88. The summed E-state index contributed by atoms with van der Waals surface area (Å²) in [5.41, 5.74) is 4.69. The zero-order valence-electron chi connectivity index (χ0n) is 16.1. The van der Waals surface area contributed by atoms with Crippen molar-refractivity contribution in [2.24, 2.45) is 0 Å². The van der Waals surface area contributed by atoms with Crippen LogP contribution in [-0.4, -0.2) is 26.7 Å². The number of nitrogens with zero attached hydrogens (tertiary/aromatic N) is 4. The molecule has 6 rings (SSSR count). The molecule has 1 saturated carbocycles. The lowest BCUT2D eigenvalue weighted by Gasteiger charge is -2.29. The lowest BCUT2D eigenvalue weighted by Crippen LogP contribution is -2.26. The van der Waals surface area contributed by atoms with E-state index in [2.05, 4.69) is 56.8 Å². The van der Waals surface area contributed by atoms with Gasteiger partial charge in [0.25, 0.3) is 0 Å². The van der Waals surface area contributed by atoms with Gasteiger partial charge in [0.1, 0.15) is 5.82 Å². The molecule has 0 radical (unpaired) electrons. The third-order valence-corrected chi connectivity index (χ3v) is 5.80. The molecule has 0 unspecified atom stereocenters. The Morgan fingerprint density at radius 1 is 1.00 bits per heavy atom. The number of benzene rings is 2. The summed E-state index contributed by atoms with van der Waals surface area (Å²) in [4.78, 5) is 12.1. The highest BCUT2D eigenvalue weighted by molar-refractivity contribution is 5.92. The molecule has 144 valence electrons. The molecule has 2 aromatic heterocycles. The SMILES string of the molecule is c1ccc2c(c1)CCCN2c1nc(Nc2cc(C3CC3)[nH]n2)c2ccccc2n1. The van der Waals surface area contributed by atoms with Gasteiger partial charge in [-0.15, -0.1) is 0 Å². The summed E-state index contributed by atoms with van der Waals surface area (Å²) >= 11 is 0. The fraction of sp³-hybridized carbons (Fsp3) is 0.261. The quantitative estimate of drug-likeness (QED) is 0.516. The van der Waals surface area contributed by atoms with Crippen LogP contribution in [0.3, 0.4) is 0 Å². The van der Waals surface area contributed by atoms with Gasteiger partial charge in [0, 0.05) is 35.3 Å². The van der Waals surface area contributed by atoms with Crippen molar-refractivity contribution < 1.29 is 0 Å². The maximum atomic E-state index is 4.94. The summed E-state index contributed by atoms with van der Waals surface area (Å²) in [5.74, 6) is 2.97. The molecule has 0 atom stereocenters. The van der Waals surface area contributed by atoms with Crippen LogP contribution in [0.4, 0.5) is 23.3 Å². The maximum absolute atomic E-state index is 4.94. The summed E-state index contributed by atoms with van der Waals surface area (Å²) in [7, 11) is 0. The van der Waals surface area contributed by atoms with Crippen molar-refractivity contribution in [2.75, 3.05) is 16.8 Å². The maximum Gasteiger partial charge on any atom is 0.232 e. The predicted octanol–water partition coefficient (Wildman–Crippen LogP) is 5.06. The van der Waals surface area contributed by atoms with Crippen molar-refractivity contribution in [3.05, 3.63) is 65.9 Å². The number of rotatable bonds is 4. The van der Waals surface area contributed by atoms with Gasteiger partial charge in [-0.2, -0.15) is 10.1 Å². The molecule has 1 fully saturated rings. The first-order valence-corrected chi connectivity index (χ1v) is 10.3. The molecule has 0 bridgehead atoms. The van der Waals surface area contributed by atoms with Crippen LogP contribution < -0.4 is 10.2 Å². The fourth-order valence-corrected chi connectivity index (χ4v) is 4.15. The van der Waals surface area contributed by atoms with E-state index in [4.69, 9.17) is 9.97 Å². The van der Waals surface area contributed by atoms with Gasteiger partial charge in [0.15, 0.2) is 5.82 Å². The van der Waals surface area contributed by atoms with Crippen LogP contribution >= 0.6 is 0 Å². The molecule has 1 aliphatic heterocycles. The number of anilines is 4. The summed E-state index contributed by atoms with van der Waals surface area (Å²) in [6.45, 7) is 0.920. The number of fused-ring (bicyclic) bond motifs is 2. The van der Waals surface area contributed by atoms with Crippen molar-refractivity contribution in [1.82, 2.24) is 20.2 Å². The average molecular weight is 382 g/mol. The van der Waals surface area contributed by atoms with Gasteiger partial charge >= 0.3 is 0 Å². The smallest absolute Gasteiger partial charge is 0.232 e. The summed E-state index contributed by atoms with van der Waals surface area (Å²) < 4.78 is 0. The second-order valence-electron chi connectivity index (χ2n) is 7.88. The number of nitrogens with one attached hydrogen (secondary N) is 2. The van der Waals surface area contributed by atoms with Crippen LogP contribution in [-0.2, 0) is 6.42 Å². The number of aromatic nitrogens is 4. The Hall–Kier alpha value is -3.41. The first-order valence-electron chi connectivity index (χ1n) is 10.3. The van der Waals surface area contributed by atoms with Crippen molar-refractivity contribution in [2.45, 2.75) is 31.6 Å². The molecule has 0 saturated heterocycles. The Morgan fingerprint density at radius 3 is 2.79 bits per heavy atom. The molecular weight excluding hydrogens is 360 g/mol. The van der Waals surface area contributed by atoms with E-state index >= 15 is 0 Å². The van der Waals surface area contributed by atoms with E-state index < -0.39 is 0 Å². The molecule has 2 aromatic carbocycles. The lowest BCUT2D eigenvalue weighted by atomic mass is 10.0. The molecule has 0 amide bonds. The predicted molar refractivity (Wildman–Crippen MR) is 115 cm³/mol. The van der Waals surface area contributed by atoms with Crippen LogP contribution in [0, 0.1) is 0 Å². The molecule has 6 heteroatoms. The molecular formula is C23H22N6. The van der Waals surface area contributed by atoms with Crippen molar-refractivity contribution in [1.29, 1.82) is 0 Å². The van der Waals surface area contributed by atoms with E-state index in [0.29, 0.717) is 5.92 Å². The fourth-order valence-electron chi connectivity index (χ4n) is 4.15. The number of aryl methyl sites for hydroxylation is 1. The first kappa shape index (κ1) is 16.5. The Balaban J connectivity index is 1.43. The zero-order valence-corrected chi connectivity index (χ0v) is 16.1. The van der Waals surface area contributed by atoms with Gasteiger partial charge in [0.2, 0.25) is 5.95 Å². The second kappa shape index (κ2) is 6.58. The van der Waals surface area contributed by atoms with E-state index in [9.17, 15) is 0 Å². The summed E-state index contributed by atoms with van der Waals surface area (Å²) in [6, 6.07) is 18.8. The minimum Gasteiger partial charge on any atom is -0.323 e. The highest BCUT2D eigenvalue weighted by atomic mass is 15.3. The molecule has 2 N–H and O–H groups in total. The minimum atomic E-state index is 0.639. The Kier molecular flexibility index (Phi) is 3.75. The standard InChI is InChI=1S/C23H22N6/c1-4-10-20-16(6-1)7-5-13-29(20)23-24-18-9-3-2-8-17(18)22(26-23)25-21-14-19(27-28-21)15-11-12-15/h1-4,6,8-10,14-15H,5,7,11-13H2,(H2,24,25,26,27,28). The molecule has 29 heavy (non-hydrogen) atoms. The molecule has 0 spiro atoms. The van der Waals surface area contributed by atoms with Crippen LogP contribution in [0.25, 0.3) is 10.9 Å². The molecule has 2 aliphatic rings. The molecule has 6 nitrogen and oxygen atoms in total. The Labute approximate surface area is 169 Å². The Bertz CT molecular complexity index is 1190. The van der Waals surface area contributed by atoms with E-state index in [1.54, 1.807) is 0 Å². The van der Waals surface area contributed by atoms with E-state index in [0.717, 1.165) is 47.9 Å². The first-order chi connectivity index (χ1) is 14.3. The normalized spacial score (nSPS) is 16.1. The largest absolute Gasteiger partial charge is 0.323 e. The monoisotopic (exact) mass is 382 g/mol. The molecule has 1 aliphatic carbocycles. The van der Waals surface area contributed by atoms with E-state index in [-0.39, 0.29) is 0 Å². The number of H-pyrrole nitrogens is 1. The average Bonchev–Trinajstić information content (AvgIpc) is 3.52. The summed E-state index contributed by atoms with van der Waals surface area (Å²) in [6.07, 6.45) is 4.69. The van der Waals surface area contributed by atoms with Crippen molar-refractivity contribution in [3.63, 3.8) is 0 Å². The van der Waals surface area contributed by atoms with Gasteiger partial charge < -0.3 is 10.2 Å². The molecule has 3 heterocycles. The van der Waals surface area contributed by atoms with E-state index in [1.165, 1.54) is 29.8 Å². The third-order valence-electron chi connectivity index (χ3n) is 5.80. The van der Waals surface area contributed by atoms with Gasteiger partial charge in [-0.3, -0.25) is 5.10 Å². The number of para-hydroxylation sites is 2. The highest BCUT2D eigenvalue weighted by Crippen LogP contribution is 2.40. The third kappa shape index (κ3) is 3.01. The van der Waals surface area contributed by atoms with Crippen LogP contribution in [0.1, 0.15) is 36.4 Å². The zero-order chi connectivity index (χ0) is 19.2. The van der Waals surface area contributed by atoms with Crippen LogP contribution in [0.5, 0.6) is 0 Å².